The van der Waals surface area contributed by atoms with Crippen molar-refractivity contribution in [1.82, 2.24) is 9.97 Å². The van der Waals surface area contributed by atoms with Crippen LogP contribution in [0.2, 0.25) is 0 Å². The average molecular weight is 492 g/mol. The fourth-order valence-electron chi connectivity index (χ4n) is 4.79. The molecule has 0 N–H and O–H groups in total. The lowest BCUT2D eigenvalue weighted by atomic mass is 10.0. The van der Waals surface area contributed by atoms with Crippen LogP contribution in [0.25, 0.3) is 33.8 Å². The first-order chi connectivity index (χ1) is 18.3. The molecule has 0 saturated carbocycles. The second-order valence-corrected chi connectivity index (χ2v) is 9.86. The molecule has 0 spiro atoms. The van der Waals surface area contributed by atoms with Gasteiger partial charge in [-0.3, -0.25) is 4.98 Å². The van der Waals surface area contributed by atoms with Gasteiger partial charge in [0, 0.05) is 30.5 Å². The van der Waals surface area contributed by atoms with E-state index in [1.54, 1.807) is 0 Å². The molecule has 4 aromatic rings. The third-order valence-electron chi connectivity index (χ3n) is 6.95. The van der Waals surface area contributed by atoms with Crippen molar-refractivity contribution < 1.29 is 0 Å². The van der Waals surface area contributed by atoms with Crippen molar-refractivity contribution in [3.63, 3.8) is 0 Å². The number of aromatic nitrogens is 2. The summed E-state index contributed by atoms with van der Waals surface area (Å²) in [5, 5.41) is 0. The van der Waals surface area contributed by atoms with E-state index >= 15 is 0 Å². The monoisotopic (exact) mass is 491 g/mol. The van der Waals surface area contributed by atoms with Crippen molar-refractivity contribution in [3.05, 3.63) is 91.1 Å². The van der Waals surface area contributed by atoms with Crippen molar-refractivity contribution in [2.24, 2.45) is 0 Å². The van der Waals surface area contributed by atoms with E-state index in [-0.39, 0.29) is 0 Å². The van der Waals surface area contributed by atoms with E-state index in [4.69, 9.17) is 4.98 Å². The van der Waals surface area contributed by atoms with Crippen LogP contribution in [0, 0.1) is 0 Å². The quantitative estimate of drug-likeness (QED) is 0.164. The van der Waals surface area contributed by atoms with Crippen molar-refractivity contribution in [2.75, 3.05) is 18.0 Å². The molecule has 0 aliphatic rings. The number of unbranched alkanes of at least 4 members (excludes halogenated alkanes) is 6. The zero-order chi connectivity index (χ0) is 25.7. The fraction of sp³-hybridized carbons (Fsp3) is 0.353. The number of hydrogen-bond donors (Lipinski definition) is 0. The van der Waals surface area contributed by atoms with Gasteiger partial charge >= 0.3 is 0 Å². The van der Waals surface area contributed by atoms with Crippen LogP contribution in [0.4, 0.5) is 5.69 Å². The van der Waals surface area contributed by atoms with Crippen LogP contribution in [0.15, 0.2) is 91.1 Å². The molecule has 2 aromatic carbocycles. The maximum absolute atomic E-state index is 4.97. The molecular formula is C34H41N3. The SMILES string of the molecule is CCCCCCN(CCCCCC)c1ccc(-c2cc(-c3ccccc3)nc(-c3ccccn3)c2)cc1. The largest absolute Gasteiger partial charge is 0.372 e. The third kappa shape index (κ3) is 7.76. The molecule has 4 rings (SSSR count). The van der Waals surface area contributed by atoms with Crippen molar-refractivity contribution in [1.29, 1.82) is 0 Å². The summed E-state index contributed by atoms with van der Waals surface area (Å²) in [6.07, 6.45) is 12.2. The molecule has 3 heteroatoms. The van der Waals surface area contributed by atoms with Gasteiger partial charge in [0.25, 0.3) is 0 Å². The normalized spacial score (nSPS) is 11.0. The van der Waals surface area contributed by atoms with E-state index in [1.165, 1.54) is 68.2 Å². The smallest absolute Gasteiger partial charge is 0.0899 e. The Hall–Kier alpha value is -3.46. The van der Waals surface area contributed by atoms with E-state index in [2.05, 4.69) is 84.4 Å². The minimum absolute atomic E-state index is 0.892. The summed E-state index contributed by atoms with van der Waals surface area (Å²) in [5.74, 6) is 0. The number of hydrogen-bond acceptors (Lipinski definition) is 3. The summed E-state index contributed by atoms with van der Waals surface area (Å²) in [6.45, 7) is 6.84. The van der Waals surface area contributed by atoms with Gasteiger partial charge in [0.2, 0.25) is 0 Å². The van der Waals surface area contributed by atoms with Gasteiger partial charge in [0.1, 0.15) is 0 Å². The summed E-state index contributed by atoms with van der Waals surface area (Å²) in [5.41, 5.74) is 7.58. The number of rotatable bonds is 14. The van der Waals surface area contributed by atoms with Gasteiger partial charge in [0.05, 0.1) is 17.1 Å². The highest BCUT2D eigenvalue weighted by atomic mass is 15.1. The first-order valence-electron chi connectivity index (χ1n) is 14.1. The molecule has 0 bridgehead atoms. The van der Waals surface area contributed by atoms with Gasteiger partial charge in [-0.2, -0.15) is 0 Å². The predicted octanol–water partition coefficient (Wildman–Crippen LogP) is 9.44. The van der Waals surface area contributed by atoms with Crippen molar-refractivity contribution >= 4 is 5.69 Å². The zero-order valence-electron chi connectivity index (χ0n) is 22.6. The van der Waals surface area contributed by atoms with Gasteiger partial charge in [-0.25, -0.2) is 4.98 Å². The lowest BCUT2D eigenvalue weighted by molar-refractivity contribution is 0.609. The average Bonchev–Trinajstić information content (AvgIpc) is 2.97. The first-order valence-corrected chi connectivity index (χ1v) is 14.1. The maximum atomic E-state index is 4.97. The van der Waals surface area contributed by atoms with Gasteiger partial charge in [-0.15, -0.1) is 0 Å². The van der Waals surface area contributed by atoms with Gasteiger partial charge in [0.15, 0.2) is 0 Å². The van der Waals surface area contributed by atoms with E-state index < -0.39 is 0 Å². The molecule has 2 aromatic heterocycles. The summed E-state index contributed by atoms with van der Waals surface area (Å²) in [7, 11) is 0. The summed E-state index contributed by atoms with van der Waals surface area (Å²) in [4.78, 5) is 12.1. The minimum Gasteiger partial charge on any atom is -0.372 e. The highest BCUT2D eigenvalue weighted by Gasteiger charge is 2.11. The molecule has 0 radical (unpaired) electrons. The highest BCUT2D eigenvalue weighted by molar-refractivity contribution is 5.76. The molecular weight excluding hydrogens is 450 g/mol. The van der Waals surface area contributed by atoms with E-state index in [1.807, 2.05) is 30.5 Å². The van der Waals surface area contributed by atoms with Gasteiger partial charge < -0.3 is 4.90 Å². The summed E-state index contributed by atoms with van der Waals surface area (Å²) >= 11 is 0. The van der Waals surface area contributed by atoms with Crippen LogP contribution in [-0.2, 0) is 0 Å². The van der Waals surface area contributed by atoms with Crippen LogP contribution in [0.5, 0.6) is 0 Å². The molecule has 0 aliphatic carbocycles. The number of anilines is 1. The lowest BCUT2D eigenvalue weighted by Gasteiger charge is -2.25. The van der Waals surface area contributed by atoms with Crippen LogP contribution in [0.1, 0.15) is 65.2 Å². The molecule has 0 amide bonds. The Kier molecular flexibility index (Phi) is 10.3. The number of pyridine rings is 2. The minimum atomic E-state index is 0.892. The molecule has 0 fully saturated rings. The van der Waals surface area contributed by atoms with E-state index in [9.17, 15) is 0 Å². The third-order valence-corrected chi connectivity index (χ3v) is 6.95. The van der Waals surface area contributed by atoms with Gasteiger partial charge in [-0.05, 0) is 60.4 Å². The molecule has 3 nitrogen and oxygen atoms in total. The first kappa shape index (κ1) is 26.6. The Labute approximate surface area is 223 Å². The molecule has 0 atom stereocenters. The molecule has 0 unspecified atom stereocenters. The zero-order valence-corrected chi connectivity index (χ0v) is 22.6. The Bertz CT molecular complexity index is 1120. The second-order valence-electron chi connectivity index (χ2n) is 9.86. The van der Waals surface area contributed by atoms with Crippen LogP contribution >= 0.6 is 0 Å². The molecule has 0 saturated heterocycles. The summed E-state index contributed by atoms with van der Waals surface area (Å²) < 4.78 is 0. The van der Waals surface area contributed by atoms with Gasteiger partial charge in [-0.1, -0.05) is 101 Å². The van der Waals surface area contributed by atoms with Crippen LogP contribution in [-0.4, -0.2) is 23.1 Å². The Balaban J connectivity index is 1.61. The van der Waals surface area contributed by atoms with E-state index in [0.717, 1.165) is 35.7 Å². The molecule has 192 valence electrons. The summed E-state index contributed by atoms with van der Waals surface area (Å²) in [6, 6.07) is 29.9. The molecule has 2 heterocycles. The van der Waals surface area contributed by atoms with Crippen molar-refractivity contribution in [2.45, 2.75) is 65.2 Å². The lowest BCUT2D eigenvalue weighted by Crippen LogP contribution is -2.25. The molecule has 37 heavy (non-hydrogen) atoms. The Morgan fingerprint density at radius 2 is 1.19 bits per heavy atom. The fourth-order valence-corrected chi connectivity index (χ4v) is 4.79. The molecule has 0 aliphatic heterocycles. The van der Waals surface area contributed by atoms with Crippen LogP contribution in [0.3, 0.4) is 0 Å². The predicted molar refractivity (Wildman–Crippen MR) is 159 cm³/mol. The van der Waals surface area contributed by atoms with Crippen molar-refractivity contribution in [3.8, 4) is 33.8 Å². The van der Waals surface area contributed by atoms with E-state index in [0.29, 0.717) is 0 Å². The van der Waals surface area contributed by atoms with Crippen LogP contribution < -0.4 is 4.90 Å². The topological polar surface area (TPSA) is 29.0 Å². The Morgan fingerprint density at radius 1 is 0.541 bits per heavy atom. The second kappa shape index (κ2) is 14.3. The standard InChI is InChI=1S/C34H41N3/c1-3-5-7-14-24-37(25-15-8-6-4-2)31-21-19-28(20-22-31)30-26-33(29-16-10-9-11-17-29)36-34(27-30)32-18-12-13-23-35-32/h9-13,16-23,26-27H,3-8,14-15,24-25H2,1-2H3. The maximum Gasteiger partial charge on any atom is 0.0899 e. The Morgan fingerprint density at radius 3 is 1.81 bits per heavy atom. The highest BCUT2D eigenvalue weighted by Crippen LogP contribution is 2.31. The number of nitrogens with zero attached hydrogens (tertiary/aromatic N) is 3. The number of benzene rings is 2.